The Labute approximate surface area is 89.3 Å². The van der Waals surface area contributed by atoms with Crippen molar-refractivity contribution < 1.29 is 14.9 Å². The molecule has 15 heavy (non-hydrogen) atoms. The van der Waals surface area contributed by atoms with E-state index in [0.29, 0.717) is 0 Å². The van der Waals surface area contributed by atoms with Crippen LogP contribution in [-0.4, -0.2) is 22.4 Å². The molecule has 1 atom stereocenters. The SMILES string of the molecule is Cc1cc(O)cc2c1O[C@@](C)(CO)CC2. The number of benzene rings is 1. The Kier molecular flexibility index (Phi) is 2.35. The summed E-state index contributed by atoms with van der Waals surface area (Å²) in [6.07, 6.45) is 1.61. The number of aliphatic hydroxyl groups is 1. The average molecular weight is 208 g/mol. The average Bonchev–Trinajstić information content (AvgIpc) is 2.20. The molecule has 1 aliphatic rings. The summed E-state index contributed by atoms with van der Waals surface area (Å²) in [5.41, 5.74) is 1.47. The van der Waals surface area contributed by atoms with Crippen molar-refractivity contribution in [1.82, 2.24) is 0 Å². The van der Waals surface area contributed by atoms with Gasteiger partial charge in [-0.25, -0.2) is 0 Å². The van der Waals surface area contributed by atoms with E-state index in [0.717, 1.165) is 29.7 Å². The first-order valence-electron chi connectivity index (χ1n) is 5.16. The second kappa shape index (κ2) is 3.42. The molecule has 0 saturated carbocycles. The third kappa shape index (κ3) is 1.79. The van der Waals surface area contributed by atoms with Crippen molar-refractivity contribution in [2.24, 2.45) is 0 Å². The highest BCUT2D eigenvalue weighted by Crippen LogP contribution is 2.37. The number of ether oxygens (including phenoxy) is 1. The molecule has 0 unspecified atom stereocenters. The van der Waals surface area contributed by atoms with Gasteiger partial charge in [-0.3, -0.25) is 0 Å². The lowest BCUT2D eigenvalue weighted by Gasteiger charge is -2.35. The van der Waals surface area contributed by atoms with Gasteiger partial charge in [0.05, 0.1) is 6.61 Å². The molecule has 1 heterocycles. The van der Waals surface area contributed by atoms with E-state index in [2.05, 4.69) is 0 Å². The molecule has 0 saturated heterocycles. The molecule has 1 aromatic carbocycles. The quantitative estimate of drug-likeness (QED) is 0.739. The van der Waals surface area contributed by atoms with Crippen molar-refractivity contribution >= 4 is 0 Å². The lowest BCUT2D eigenvalue weighted by molar-refractivity contribution is 0.00741. The Morgan fingerprint density at radius 1 is 1.47 bits per heavy atom. The molecular weight excluding hydrogens is 192 g/mol. The summed E-state index contributed by atoms with van der Waals surface area (Å²) < 4.78 is 5.79. The number of rotatable bonds is 1. The highest BCUT2D eigenvalue weighted by atomic mass is 16.5. The van der Waals surface area contributed by atoms with Crippen molar-refractivity contribution in [2.75, 3.05) is 6.61 Å². The van der Waals surface area contributed by atoms with Gasteiger partial charge < -0.3 is 14.9 Å². The van der Waals surface area contributed by atoms with Crippen molar-refractivity contribution in [3.05, 3.63) is 23.3 Å². The van der Waals surface area contributed by atoms with E-state index in [1.165, 1.54) is 0 Å². The first-order chi connectivity index (χ1) is 7.04. The molecule has 0 amide bonds. The fourth-order valence-electron chi connectivity index (χ4n) is 1.97. The van der Waals surface area contributed by atoms with Crippen LogP contribution in [0.2, 0.25) is 0 Å². The summed E-state index contributed by atoms with van der Waals surface area (Å²) in [5, 5.41) is 18.7. The predicted octanol–water partition coefficient (Wildman–Crippen LogP) is 1.78. The van der Waals surface area contributed by atoms with E-state index < -0.39 is 5.60 Å². The van der Waals surface area contributed by atoms with Gasteiger partial charge in [0, 0.05) is 0 Å². The smallest absolute Gasteiger partial charge is 0.129 e. The summed E-state index contributed by atoms with van der Waals surface area (Å²) in [4.78, 5) is 0. The number of fused-ring (bicyclic) bond motifs is 1. The molecule has 2 rings (SSSR count). The zero-order valence-electron chi connectivity index (χ0n) is 9.08. The maximum absolute atomic E-state index is 9.45. The first kappa shape index (κ1) is 10.3. The van der Waals surface area contributed by atoms with Gasteiger partial charge >= 0.3 is 0 Å². The topological polar surface area (TPSA) is 49.7 Å². The zero-order chi connectivity index (χ0) is 11.1. The Morgan fingerprint density at radius 3 is 2.87 bits per heavy atom. The minimum absolute atomic E-state index is 0.0206. The third-order valence-electron chi connectivity index (χ3n) is 2.94. The molecule has 0 fully saturated rings. The highest BCUT2D eigenvalue weighted by molar-refractivity contribution is 5.47. The number of hydrogen-bond donors (Lipinski definition) is 2. The van der Waals surface area contributed by atoms with Crippen LogP contribution in [0.5, 0.6) is 11.5 Å². The van der Waals surface area contributed by atoms with Gasteiger partial charge in [-0.15, -0.1) is 0 Å². The normalized spacial score (nSPS) is 24.5. The van der Waals surface area contributed by atoms with Crippen LogP contribution >= 0.6 is 0 Å². The minimum atomic E-state index is -0.477. The fourth-order valence-corrected chi connectivity index (χ4v) is 1.97. The van der Waals surface area contributed by atoms with Gasteiger partial charge in [0.15, 0.2) is 0 Å². The van der Waals surface area contributed by atoms with Gasteiger partial charge in [0.2, 0.25) is 0 Å². The van der Waals surface area contributed by atoms with Gasteiger partial charge in [0.1, 0.15) is 17.1 Å². The maximum atomic E-state index is 9.45. The third-order valence-corrected chi connectivity index (χ3v) is 2.94. The van der Waals surface area contributed by atoms with E-state index >= 15 is 0 Å². The van der Waals surface area contributed by atoms with Crippen LogP contribution < -0.4 is 4.74 Å². The molecule has 82 valence electrons. The largest absolute Gasteiger partial charge is 0.508 e. The number of phenols is 1. The maximum Gasteiger partial charge on any atom is 0.129 e. The van der Waals surface area contributed by atoms with Crippen molar-refractivity contribution in [3.8, 4) is 11.5 Å². The molecule has 3 heteroatoms. The highest BCUT2D eigenvalue weighted by Gasteiger charge is 2.31. The van der Waals surface area contributed by atoms with E-state index in [1.54, 1.807) is 12.1 Å². The van der Waals surface area contributed by atoms with Gasteiger partial charge in [-0.1, -0.05) is 0 Å². The molecule has 2 N–H and O–H groups in total. The van der Waals surface area contributed by atoms with Gasteiger partial charge in [-0.05, 0) is 49.9 Å². The molecule has 0 radical (unpaired) electrons. The lowest BCUT2D eigenvalue weighted by Crippen LogP contribution is -2.40. The van der Waals surface area contributed by atoms with E-state index in [-0.39, 0.29) is 12.4 Å². The number of hydrogen-bond acceptors (Lipinski definition) is 3. The summed E-state index contributed by atoms with van der Waals surface area (Å²) in [5.74, 6) is 1.10. The van der Waals surface area contributed by atoms with Crippen LogP contribution in [0.3, 0.4) is 0 Å². The monoisotopic (exact) mass is 208 g/mol. The predicted molar refractivity (Wildman–Crippen MR) is 57.3 cm³/mol. The number of phenolic OH excluding ortho intramolecular Hbond substituents is 1. The summed E-state index contributed by atoms with van der Waals surface area (Å²) in [7, 11) is 0. The molecule has 0 aromatic heterocycles. The van der Waals surface area contributed by atoms with E-state index in [4.69, 9.17) is 4.74 Å². The lowest BCUT2D eigenvalue weighted by atomic mass is 9.92. The van der Waals surface area contributed by atoms with Crippen LogP contribution in [0.4, 0.5) is 0 Å². The van der Waals surface area contributed by atoms with Crippen molar-refractivity contribution in [3.63, 3.8) is 0 Å². The Morgan fingerprint density at radius 2 is 2.20 bits per heavy atom. The molecule has 1 aromatic rings. The fraction of sp³-hybridized carbons (Fsp3) is 0.500. The van der Waals surface area contributed by atoms with Crippen molar-refractivity contribution in [2.45, 2.75) is 32.3 Å². The van der Waals surface area contributed by atoms with Gasteiger partial charge in [0.25, 0.3) is 0 Å². The van der Waals surface area contributed by atoms with E-state index in [1.807, 2.05) is 13.8 Å². The van der Waals surface area contributed by atoms with Gasteiger partial charge in [-0.2, -0.15) is 0 Å². The summed E-state index contributed by atoms with van der Waals surface area (Å²) in [6.45, 7) is 3.83. The number of aromatic hydroxyl groups is 1. The van der Waals surface area contributed by atoms with Crippen molar-refractivity contribution in [1.29, 1.82) is 0 Å². The van der Waals surface area contributed by atoms with Crippen LogP contribution in [0.25, 0.3) is 0 Å². The second-order valence-corrected chi connectivity index (χ2v) is 4.46. The second-order valence-electron chi connectivity index (χ2n) is 4.46. The van der Waals surface area contributed by atoms with Crippen LogP contribution in [0.1, 0.15) is 24.5 Å². The zero-order valence-corrected chi connectivity index (χ0v) is 9.08. The standard InChI is InChI=1S/C12H16O3/c1-8-5-10(14)6-9-3-4-12(2,7-13)15-11(8)9/h5-6,13-14H,3-4,7H2,1-2H3/t12-/m1/s1. The molecular formula is C12H16O3. The number of aliphatic hydroxyl groups excluding tert-OH is 1. The minimum Gasteiger partial charge on any atom is -0.508 e. The molecule has 0 bridgehead atoms. The van der Waals surface area contributed by atoms with Crippen LogP contribution in [0, 0.1) is 6.92 Å². The number of aryl methyl sites for hydroxylation is 2. The van der Waals surface area contributed by atoms with Crippen LogP contribution in [-0.2, 0) is 6.42 Å². The van der Waals surface area contributed by atoms with E-state index in [9.17, 15) is 10.2 Å². The summed E-state index contributed by atoms with van der Waals surface area (Å²) in [6, 6.07) is 3.42. The Balaban J connectivity index is 2.42. The molecule has 3 nitrogen and oxygen atoms in total. The Hall–Kier alpha value is -1.22. The molecule has 0 spiro atoms. The molecule has 0 aliphatic carbocycles. The molecule has 1 aliphatic heterocycles. The summed E-state index contributed by atoms with van der Waals surface area (Å²) >= 11 is 0. The first-order valence-corrected chi connectivity index (χ1v) is 5.16. The Bertz CT molecular complexity index is 387. The van der Waals surface area contributed by atoms with Crippen LogP contribution in [0.15, 0.2) is 12.1 Å².